The zero-order chi connectivity index (χ0) is 30.3. The van der Waals surface area contributed by atoms with E-state index in [2.05, 4.69) is 5.32 Å². The molecular weight excluding hydrogens is 548 g/mol. The molecule has 3 aliphatic rings. The van der Waals surface area contributed by atoms with Crippen molar-refractivity contribution in [1.82, 2.24) is 14.5 Å². The number of amides is 2. The molecule has 4 rings (SSSR count). The number of carbonyl (C=O) groups excluding carboxylic acids is 2. The van der Waals surface area contributed by atoms with Crippen LogP contribution in [0.5, 0.6) is 0 Å². The van der Waals surface area contributed by atoms with Gasteiger partial charge in [-0.25, -0.2) is 4.79 Å². The van der Waals surface area contributed by atoms with Crippen LogP contribution in [-0.2, 0) is 39.8 Å². The van der Waals surface area contributed by atoms with Crippen LogP contribution in [0.15, 0.2) is 15.8 Å². The van der Waals surface area contributed by atoms with Crippen molar-refractivity contribution in [2.24, 2.45) is 5.73 Å². The Morgan fingerprint density at radius 1 is 1.02 bits per heavy atom. The predicted molar refractivity (Wildman–Crippen MR) is 152 cm³/mol. The molecule has 0 spiro atoms. The Kier molecular flexibility index (Phi) is 11.0. The van der Waals surface area contributed by atoms with E-state index in [1.54, 1.807) is 21.1 Å². The highest BCUT2D eigenvalue weighted by Gasteiger charge is 2.45. The minimum atomic E-state index is -1.10. The molecule has 3 fully saturated rings. The SMILES string of the molecule is COC1(OC[C@H]2O[C@@H](n3cc(C)c(=O)n(CCCNC(=O)C(N)=O)c3=O)C[C@@H]2OC2(OC)CCCCC2)CCCCC1. The van der Waals surface area contributed by atoms with Gasteiger partial charge in [0.2, 0.25) is 0 Å². The Morgan fingerprint density at radius 2 is 1.64 bits per heavy atom. The average Bonchev–Trinajstić information content (AvgIpc) is 3.40. The fourth-order valence-corrected chi connectivity index (χ4v) is 6.30. The molecule has 0 aromatic carbocycles. The third-order valence-electron chi connectivity index (χ3n) is 8.78. The van der Waals surface area contributed by atoms with E-state index in [4.69, 9.17) is 29.4 Å². The molecule has 3 atom stereocenters. The number of hydrogen-bond acceptors (Lipinski definition) is 9. The van der Waals surface area contributed by atoms with Gasteiger partial charge in [0.1, 0.15) is 12.3 Å². The van der Waals surface area contributed by atoms with Crippen LogP contribution in [0.1, 0.15) is 88.8 Å². The Labute approximate surface area is 246 Å². The quantitative estimate of drug-likeness (QED) is 0.208. The summed E-state index contributed by atoms with van der Waals surface area (Å²) < 4.78 is 33.8. The first-order chi connectivity index (χ1) is 20.1. The van der Waals surface area contributed by atoms with Gasteiger partial charge in [0.05, 0.1) is 12.7 Å². The van der Waals surface area contributed by atoms with Crippen LogP contribution in [0.2, 0.25) is 0 Å². The highest BCUT2D eigenvalue weighted by atomic mass is 16.7. The van der Waals surface area contributed by atoms with E-state index >= 15 is 0 Å². The molecule has 1 aromatic rings. The van der Waals surface area contributed by atoms with Crippen molar-refractivity contribution >= 4 is 11.8 Å². The molecule has 42 heavy (non-hydrogen) atoms. The molecule has 2 saturated carbocycles. The summed E-state index contributed by atoms with van der Waals surface area (Å²) in [7, 11) is 3.34. The van der Waals surface area contributed by atoms with Crippen LogP contribution in [0, 0.1) is 6.92 Å². The van der Waals surface area contributed by atoms with Crippen LogP contribution in [0.25, 0.3) is 0 Å². The van der Waals surface area contributed by atoms with Crippen molar-refractivity contribution in [3.05, 3.63) is 32.6 Å². The lowest BCUT2D eigenvalue weighted by Gasteiger charge is -2.40. The molecule has 2 amide bonds. The Hall–Kier alpha value is -2.58. The van der Waals surface area contributed by atoms with Gasteiger partial charge in [-0.1, -0.05) is 12.8 Å². The third kappa shape index (κ3) is 7.49. The number of carbonyl (C=O) groups is 2. The van der Waals surface area contributed by atoms with Crippen LogP contribution in [0.3, 0.4) is 0 Å². The van der Waals surface area contributed by atoms with E-state index < -0.39 is 53.1 Å². The number of hydrogen-bond donors (Lipinski definition) is 2. The van der Waals surface area contributed by atoms with Gasteiger partial charge in [0.15, 0.2) is 11.6 Å². The number of primary amides is 1. The van der Waals surface area contributed by atoms with Gasteiger partial charge < -0.3 is 34.7 Å². The van der Waals surface area contributed by atoms with E-state index in [9.17, 15) is 19.2 Å². The number of methoxy groups -OCH3 is 2. The minimum absolute atomic E-state index is 0.0424. The van der Waals surface area contributed by atoms with Crippen molar-refractivity contribution in [2.75, 3.05) is 27.4 Å². The molecule has 13 heteroatoms. The number of nitrogens with zero attached hydrogens (tertiary/aromatic N) is 2. The Morgan fingerprint density at radius 3 is 2.24 bits per heavy atom. The number of rotatable bonds is 12. The van der Waals surface area contributed by atoms with Crippen LogP contribution in [-0.4, -0.2) is 72.1 Å². The maximum atomic E-state index is 13.6. The van der Waals surface area contributed by atoms with Gasteiger partial charge in [-0.05, 0) is 39.0 Å². The zero-order valence-electron chi connectivity index (χ0n) is 25.1. The summed E-state index contributed by atoms with van der Waals surface area (Å²) in [6.45, 7) is 1.99. The highest BCUT2D eigenvalue weighted by Crippen LogP contribution is 2.40. The number of nitrogens with two attached hydrogens (primary N) is 1. The lowest BCUT2D eigenvalue weighted by atomic mass is 9.93. The summed E-state index contributed by atoms with van der Waals surface area (Å²) >= 11 is 0. The average molecular weight is 595 g/mol. The Balaban J connectivity index is 1.54. The summed E-state index contributed by atoms with van der Waals surface area (Å²) in [4.78, 5) is 48.8. The van der Waals surface area contributed by atoms with Crippen LogP contribution in [0.4, 0.5) is 0 Å². The molecule has 0 radical (unpaired) electrons. The molecule has 1 aliphatic heterocycles. The summed E-state index contributed by atoms with van der Waals surface area (Å²) in [5, 5.41) is 2.37. The smallest absolute Gasteiger partial charge is 0.333 e. The first kappa shape index (κ1) is 32.3. The molecule has 236 valence electrons. The number of nitrogens with one attached hydrogen (secondary N) is 1. The second kappa shape index (κ2) is 14.3. The summed E-state index contributed by atoms with van der Waals surface area (Å²) in [5.41, 5.74) is 4.37. The van der Waals surface area contributed by atoms with Gasteiger partial charge in [-0.15, -0.1) is 0 Å². The normalized spacial score (nSPS) is 25.3. The molecule has 2 heterocycles. The molecule has 0 bridgehead atoms. The molecule has 1 aromatic heterocycles. The first-order valence-electron chi connectivity index (χ1n) is 15.1. The topological polar surface area (TPSA) is 162 Å². The fourth-order valence-electron chi connectivity index (χ4n) is 6.30. The summed E-state index contributed by atoms with van der Waals surface area (Å²) in [5.74, 6) is -3.41. The molecule has 13 nitrogen and oxygen atoms in total. The lowest BCUT2D eigenvalue weighted by Crippen LogP contribution is -2.45. The first-order valence-corrected chi connectivity index (χ1v) is 15.1. The van der Waals surface area contributed by atoms with Crippen molar-refractivity contribution in [3.8, 4) is 0 Å². The predicted octanol–water partition coefficient (Wildman–Crippen LogP) is 1.61. The summed E-state index contributed by atoms with van der Waals surface area (Å²) in [6.07, 6.45) is 10.0. The third-order valence-corrected chi connectivity index (χ3v) is 8.78. The molecular formula is C29H46N4O9. The minimum Gasteiger partial charge on any atom is -0.361 e. The molecule has 2 aliphatic carbocycles. The maximum absolute atomic E-state index is 13.6. The summed E-state index contributed by atoms with van der Waals surface area (Å²) in [6, 6.07) is 0. The van der Waals surface area contributed by atoms with Gasteiger partial charge in [-0.2, -0.15) is 0 Å². The number of ether oxygens (including phenoxy) is 5. The van der Waals surface area contributed by atoms with E-state index in [1.807, 2.05) is 0 Å². The second-order valence-electron chi connectivity index (χ2n) is 11.6. The largest absolute Gasteiger partial charge is 0.361 e. The van der Waals surface area contributed by atoms with Crippen molar-refractivity contribution < 1.29 is 33.3 Å². The van der Waals surface area contributed by atoms with Gasteiger partial charge in [0.25, 0.3) is 5.56 Å². The van der Waals surface area contributed by atoms with E-state index in [1.165, 1.54) is 10.8 Å². The molecule has 3 N–H and O–H groups in total. The van der Waals surface area contributed by atoms with E-state index in [0.717, 1.165) is 68.8 Å². The standard InChI is InChI=1S/C29H46N4O9/c1-20-18-33(27(37)32(26(20)36)16-10-15-31-25(35)24(30)34)23-17-21(42-29(39-3)13-8-5-9-14-29)22(41-23)19-40-28(38-2)11-6-4-7-12-28/h18,21-23H,4-17,19H2,1-3H3,(H2,30,34)(H,31,35)/t21-,22+,23+/m0/s1. The highest BCUT2D eigenvalue weighted by molar-refractivity contribution is 6.34. The van der Waals surface area contributed by atoms with Gasteiger partial charge >= 0.3 is 17.5 Å². The fraction of sp³-hybridized carbons (Fsp3) is 0.793. The second-order valence-corrected chi connectivity index (χ2v) is 11.6. The van der Waals surface area contributed by atoms with Crippen molar-refractivity contribution in [1.29, 1.82) is 0 Å². The number of aromatic nitrogens is 2. The van der Waals surface area contributed by atoms with Gasteiger partial charge in [0, 0.05) is 71.2 Å². The number of aryl methyl sites for hydroxylation is 1. The van der Waals surface area contributed by atoms with Gasteiger partial charge in [-0.3, -0.25) is 23.5 Å². The molecule has 1 saturated heterocycles. The van der Waals surface area contributed by atoms with Crippen LogP contribution >= 0.6 is 0 Å². The van der Waals surface area contributed by atoms with Crippen molar-refractivity contribution in [2.45, 2.75) is 121 Å². The van der Waals surface area contributed by atoms with Crippen LogP contribution < -0.4 is 22.3 Å². The zero-order valence-corrected chi connectivity index (χ0v) is 25.1. The van der Waals surface area contributed by atoms with Crippen molar-refractivity contribution in [3.63, 3.8) is 0 Å². The van der Waals surface area contributed by atoms with E-state index in [0.29, 0.717) is 12.0 Å². The lowest BCUT2D eigenvalue weighted by molar-refractivity contribution is -0.282. The Bertz CT molecular complexity index is 1200. The molecule has 0 unspecified atom stereocenters. The van der Waals surface area contributed by atoms with E-state index in [-0.39, 0.29) is 26.1 Å². The monoisotopic (exact) mass is 594 g/mol. The maximum Gasteiger partial charge on any atom is 0.333 e.